The minimum atomic E-state index is -0.0332. The van der Waals surface area contributed by atoms with Crippen molar-refractivity contribution in [1.29, 1.82) is 0 Å². The Kier molecular flexibility index (Phi) is 5.21. The Morgan fingerprint density at radius 2 is 2.15 bits per heavy atom. The van der Waals surface area contributed by atoms with Crippen LogP contribution in [0.4, 0.5) is 0 Å². The Balaban J connectivity index is 0.00000200. The van der Waals surface area contributed by atoms with Crippen LogP contribution in [0, 0.1) is 5.41 Å². The van der Waals surface area contributed by atoms with Gasteiger partial charge in [-0.1, -0.05) is 13.8 Å². The third kappa shape index (κ3) is 3.33. The lowest BCUT2D eigenvalue weighted by Crippen LogP contribution is -2.54. The van der Waals surface area contributed by atoms with E-state index >= 15 is 0 Å². The Labute approximate surface area is 126 Å². The van der Waals surface area contributed by atoms with Crippen molar-refractivity contribution in [2.75, 3.05) is 13.1 Å². The molecule has 0 bridgehead atoms. The largest absolute Gasteiger partial charge is 0.337 e. The van der Waals surface area contributed by atoms with Gasteiger partial charge in [0.1, 0.15) is 5.69 Å². The number of hydrogen-bond acceptors (Lipinski definition) is 3. The molecule has 2 N–H and O–H groups in total. The van der Waals surface area contributed by atoms with E-state index in [0.717, 1.165) is 13.0 Å². The summed E-state index contributed by atoms with van der Waals surface area (Å²) in [5.41, 5.74) is 6.59. The number of rotatable bonds is 2. The fraction of sp³-hybridized carbons (Fsp3) is 0.714. The van der Waals surface area contributed by atoms with Gasteiger partial charge in [-0.25, -0.2) is 0 Å². The molecule has 1 aliphatic heterocycles. The van der Waals surface area contributed by atoms with E-state index in [1.807, 2.05) is 29.6 Å². The third-order valence-corrected chi connectivity index (χ3v) is 3.96. The molecule has 0 saturated carbocycles. The van der Waals surface area contributed by atoms with Crippen molar-refractivity contribution >= 4 is 18.3 Å². The first-order valence-corrected chi connectivity index (χ1v) is 6.91. The summed E-state index contributed by atoms with van der Waals surface area (Å²) in [5, 5.41) is 4.35. The van der Waals surface area contributed by atoms with Crippen LogP contribution in [-0.4, -0.2) is 39.7 Å². The molecule has 1 aromatic rings. The molecule has 0 radical (unpaired) electrons. The van der Waals surface area contributed by atoms with Crippen LogP contribution in [0.1, 0.15) is 50.6 Å². The molecule has 0 aromatic carbocycles. The van der Waals surface area contributed by atoms with Crippen molar-refractivity contribution in [3.8, 4) is 0 Å². The molecule has 0 aliphatic carbocycles. The lowest BCUT2D eigenvalue weighted by molar-refractivity contribution is 0.0526. The summed E-state index contributed by atoms with van der Waals surface area (Å²) in [6, 6.07) is 2.22. The third-order valence-electron chi connectivity index (χ3n) is 3.96. The van der Waals surface area contributed by atoms with E-state index in [1.165, 1.54) is 0 Å². The number of piperidine rings is 1. The standard InChI is InChI=1S/C14H24N4O.ClH/c1-10(2)18-8-5-11(16-18)13(19)17-7-6-12(15)14(3,4)9-17;/h5,8,10,12H,6-7,9,15H2,1-4H3;1H. The van der Waals surface area contributed by atoms with Gasteiger partial charge in [-0.2, -0.15) is 5.10 Å². The number of nitrogens with zero attached hydrogens (tertiary/aromatic N) is 3. The smallest absolute Gasteiger partial charge is 0.274 e. The average molecular weight is 301 g/mol. The molecule has 2 heterocycles. The molecule has 1 fully saturated rings. The van der Waals surface area contributed by atoms with Gasteiger partial charge in [-0.15, -0.1) is 12.4 Å². The van der Waals surface area contributed by atoms with Crippen LogP contribution < -0.4 is 5.73 Å². The summed E-state index contributed by atoms with van der Waals surface area (Å²) in [6.45, 7) is 9.74. The second-order valence-electron chi connectivity index (χ2n) is 6.39. The topological polar surface area (TPSA) is 64.2 Å². The highest BCUT2D eigenvalue weighted by Gasteiger charge is 2.36. The van der Waals surface area contributed by atoms with E-state index in [9.17, 15) is 4.79 Å². The summed E-state index contributed by atoms with van der Waals surface area (Å²) < 4.78 is 1.81. The second-order valence-corrected chi connectivity index (χ2v) is 6.39. The molecule has 2 rings (SSSR count). The molecule has 1 unspecified atom stereocenters. The van der Waals surface area contributed by atoms with E-state index < -0.39 is 0 Å². The van der Waals surface area contributed by atoms with Crippen LogP contribution in [0.25, 0.3) is 0 Å². The van der Waals surface area contributed by atoms with Gasteiger partial charge < -0.3 is 10.6 Å². The molecular formula is C14H25ClN4O. The Hall–Kier alpha value is -1.07. The van der Waals surface area contributed by atoms with E-state index in [2.05, 4.69) is 18.9 Å². The highest BCUT2D eigenvalue weighted by Crippen LogP contribution is 2.28. The van der Waals surface area contributed by atoms with Crippen LogP contribution in [0.2, 0.25) is 0 Å². The van der Waals surface area contributed by atoms with Crippen LogP contribution in [0.3, 0.4) is 0 Å². The molecule has 1 aromatic heterocycles. The average Bonchev–Trinajstić information content (AvgIpc) is 2.81. The van der Waals surface area contributed by atoms with Gasteiger partial charge in [-0.05, 0) is 31.7 Å². The lowest BCUT2D eigenvalue weighted by atomic mass is 9.79. The predicted molar refractivity (Wildman–Crippen MR) is 82.1 cm³/mol. The summed E-state index contributed by atoms with van der Waals surface area (Å²) in [5.74, 6) is 0.0133. The molecule has 1 saturated heterocycles. The monoisotopic (exact) mass is 300 g/mol. The van der Waals surface area contributed by atoms with Crippen LogP contribution in [-0.2, 0) is 0 Å². The van der Waals surface area contributed by atoms with E-state index in [4.69, 9.17) is 5.73 Å². The fourth-order valence-electron chi connectivity index (χ4n) is 2.45. The molecule has 20 heavy (non-hydrogen) atoms. The summed E-state index contributed by atoms with van der Waals surface area (Å²) in [4.78, 5) is 14.3. The van der Waals surface area contributed by atoms with Gasteiger partial charge in [0, 0.05) is 31.4 Å². The van der Waals surface area contributed by atoms with Crippen molar-refractivity contribution in [2.24, 2.45) is 11.1 Å². The number of amides is 1. The van der Waals surface area contributed by atoms with Gasteiger partial charge in [-0.3, -0.25) is 9.48 Å². The summed E-state index contributed by atoms with van der Waals surface area (Å²) >= 11 is 0. The van der Waals surface area contributed by atoms with Gasteiger partial charge in [0.05, 0.1) is 0 Å². The first-order chi connectivity index (χ1) is 8.81. The quantitative estimate of drug-likeness (QED) is 0.909. The zero-order chi connectivity index (χ0) is 14.2. The number of halogens is 1. The van der Waals surface area contributed by atoms with Crippen molar-refractivity contribution in [3.63, 3.8) is 0 Å². The first-order valence-electron chi connectivity index (χ1n) is 6.91. The summed E-state index contributed by atoms with van der Waals surface area (Å²) in [7, 11) is 0. The maximum atomic E-state index is 12.4. The molecule has 5 nitrogen and oxygen atoms in total. The Bertz CT molecular complexity index is 469. The number of likely N-dealkylation sites (tertiary alicyclic amines) is 1. The van der Waals surface area contributed by atoms with E-state index in [0.29, 0.717) is 12.2 Å². The van der Waals surface area contributed by atoms with Crippen LogP contribution >= 0.6 is 12.4 Å². The first kappa shape index (κ1) is 17.0. The van der Waals surface area contributed by atoms with Gasteiger partial charge >= 0.3 is 0 Å². The number of carbonyl (C=O) groups is 1. The maximum absolute atomic E-state index is 12.4. The highest BCUT2D eigenvalue weighted by molar-refractivity contribution is 5.92. The molecule has 0 spiro atoms. The minimum Gasteiger partial charge on any atom is -0.337 e. The van der Waals surface area contributed by atoms with E-state index in [-0.39, 0.29) is 35.8 Å². The van der Waals surface area contributed by atoms with Gasteiger partial charge in [0.25, 0.3) is 5.91 Å². The summed E-state index contributed by atoms with van der Waals surface area (Å²) in [6.07, 6.45) is 2.71. The van der Waals surface area contributed by atoms with Crippen molar-refractivity contribution in [3.05, 3.63) is 18.0 Å². The normalized spacial score (nSPS) is 21.7. The fourth-order valence-corrected chi connectivity index (χ4v) is 2.45. The van der Waals surface area contributed by atoms with Crippen LogP contribution in [0.5, 0.6) is 0 Å². The number of aromatic nitrogens is 2. The molecule has 1 atom stereocenters. The number of carbonyl (C=O) groups excluding carboxylic acids is 1. The maximum Gasteiger partial charge on any atom is 0.274 e. The number of nitrogens with two attached hydrogens (primary N) is 1. The molecular weight excluding hydrogens is 276 g/mol. The van der Waals surface area contributed by atoms with Crippen molar-refractivity contribution in [1.82, 2.24) is 14.7 Å². The molecule has 6 heteroatoms. The lowest BCUT2D eigenvalue weighted by Gasteiger charge is -2.42. The van der Waals surface area contributed by atoms with E-state index in [1.54, 1.807) is 6.07 Å². The molecule has 114 valence electrons. The zero-order valence-corrected chi connectivity index (χ0v) is 13.5. The van der Waals surface area contributed by atoms with Crippen LogP contribution in [0.15, 0.2) is 12.3 Å². The highest BCUT2D eigenvalue weighted by atomic mass is 35.5. The molecule has 1 aliphatic rings. The van der Waals surface area contributed by atoms with Crippen molar-refractivity contribution in [2.45, 2.75) is 46.2 Å². The predicted octanol–water partition coefficient (Wildman–Crippen LogP) is 2.09. The Morgan fingerprint density at radius 3 is 2.65 bits per heavy atom. The molecule has 1 amide bonds. The Morgan fingerprint density at radius 1 is 1.50 bits per heavy atom. The minimum absolute atomic E-state index is 0. The van der Waals surface area contributed by atoms with Gasteiger partial charge in [0.2, 0.25) is 0 Å². The zero-order valence-electron chi connectivity index (χ0n) is 12.7. The number of hydrogen-bond donors (Lipinski definition) is 1. The second kappa shape index (κ2) is 6.14. The van der Waals surface area contributed by atoms with Gasteiger partial charge in [0.15, 0.2) is 0 Å². The van der Waals surface area contributed by atoms with Crippen molar-refractivity contribution < 1.29 is 4.79 Å². The SMILES string of the molecule is CC(C)n1ccc(C(=O)N2CCC(N)C(C)(C)C2)n1.Cl.